The first-order chi connectivity index (χ1) is 26.8. The zero-order valence-corrected chi connectivity index (χ0v) is 31.6. The Labute approximate surface area is 321 Å². The zero-order chi connectivity index (χ0) is 38.1. The number of rotatable bonds is 12. The van der Waals surface area contributed by atoms with Gasteiger partial charge in [-0.2, -0.15) is 0 Å². The van der Waals surface area contributed by atoms with Crippen LogP contribution >= 0.6 is 0 Å². The van der Waals surface area contributed by atoms with Crippen molar-refractivity contribution in [1.82, 2.24) is 9.80 Å². The van der Waals surface area contributed by atoms with E-state index in [1.807, 2.05) is 68.2 Å². The Bertz CT molecular complexity index is 2260. The molecule has 0 N–H and O–H groups in total. The Morgan fingerprint density at radius 1 is 0.673 bits per heavy atom. The van der Waals surface area contributed by atoms with Crippen LogP contribution in [-0.4, -0.2) is 73.6 Å². The molecule has 280 valence electrons. The van der Waals surface area contributed by atoms with Gasteiger partial charge in [0.05, 0.1) is 62.0 Å². The van der Waals surface area contributed by atoms with Crippen molar-refractivity contribution in [2.45, 2.75) is 58.0 Å². The monoisotopic (exact) mass is 736 g/mol. The fourth-order valence-corrected chi connectivity index (χ4v) is 7.56. The van der Waals surface area contributed by atoms with Gasteiger partial charge in [-0.25, -0.2) is 0 Å². The fourth-order valence-electron chi connectivity index (χ4n) is 7.56. The lowest BCUT2D eigenvalue weighted by Gasteiger charge is -2.19. The summed E-state index contributed by atoms with van der Waals surface area (Å²) in [6.07, 6.45) is 11.7. The number of benzene rings is 4. The van der Waals surface area contributed by atoms with Crippen molar-refractivity contribution in [3.05, 3.63) is 119 Å². The lowest BCUT2D eigenvalue weighted by Crippen LogP contribution is -2.32. The predicted octanol–water partition coefficient (Wildman–Crippen LogP) is 8.76. The Balaban J connectivity index is 0.889. The van der Waals surface area contributed by atoms with Crippen molar-refractivity contribution in [1.29, 1.82) is 0 Å². The van der Waals surface area contributed by atoms with Crippen LogP contribution in [-0.2, 0) is 6.42 Å². The number of fused-ring (bicyclic) bond motifs is 4. The number of amides is 2. The molecular weight excluding hydrogens is 693 g/mol. The zero-order valence-electron chi connectivity index (χ0n) is 31.6. The van der Waals surface area contributed by atoms with E-state index in [-0.39, 0.29) is 23.9 Å². The molecule has 0 unspecified atom stereocenters. The van der Waals surface area contributed by atoms with Gasteiger partial charge in [-0.05, 0) is 71.0 Å². The van der Waals surface area contributed by atoms with Gasteiger partial charge in [0.15, 0.2) is 11.5 Å². The Morgan fingerprint density at radius 2 is 1.22 bits per heavy atom. The van der Waals surface area contributed by atoms with Crippen LogP contribution in [0, 0.1) is 6.92 Å². The van der Waals surface area contributed by atoms with Gasteiger partial charge >= 0.3 is 0 Å². The molecule has 0 saturated carbocycles. The second-order valence-corrected chi connectivity index (χ2v) is 14.2. The first-order valence-electron chi connectivity index (χ1n) is 18.8. The number of carbonyl (C=O) groups is 2. The molecule has 0 aromatic heterocycles. The molecule has 0 spiro atoms. The van der Waals surface area contributed by atoms with Crippen LogP contribution < -0.4 is 18.9 Å². The summed E-state index contributed by atoms with van der Waals surface area (Å²) < 4.78 is 23.3. The number of methoxy groups -OCH3 is 2. The molecule has 0 radical (unpaired) electrons. The highest BCUT2D eigenvalue weighted by Crippen LogP contribution is 2.41. The van der Waals surface area contributed by atoms with Crippen LogP contribution in [0.2, 0.25) is 0 Å². The summed E-state index contributed by atoms with van der Waals surface area (Å²) >= 11 is 0. The molecule has 0 aliphatic carbocycles. The van der Waals surface area contributed by atoms with Crippen LogP contribution in [0.4, 0.5) is 11.4 Å². The summed E-state index contributed by atoms with van der Waals surface area (Å²) in [5.74, 6) is 2.23. The molecule has 4 heterocycles. The third kappa shape index (κ3) is 7.12. The minimum atomic E-state index is -0.162. The largest absolute Gasteiger partial charge is 0.497 e. The van der Waals surface area contributed by atoms with Crippen LogP contribution in [0.5, 0.6) is 23.0 Å². The van der Waals surface area contributed by atoms with E-state index in [4.69, 9.17) is 28.9 Å². The number of aliphatic imine (C=N–C) groups is 2. The molecule has 0 fully saturated rings. The van der Waals surface area contributed by atoms with Gasteiger partial charge in [-0.1, -0.05) is 49.7 Å². The van der Waals surface area contributed by atoms with E-state index < -0.39 is 0 Å². The van der Waals surface area contributed by atoms with Crippen LogP contribution in [0.1, 0.15) is 75.6 Å². The third-order valence-corrected chi connectivity index (χ3v) is 10.6. The van der Waals surface area contributed by atoms with Gasteiger partial charge in [0.2, 0.25) is 0 Å². The van der Waals surface area contributed by atoms with Gasteiger partial charge in [0, 0.05) is 56.2 Å². The second kappa shape index (κ2) is 15.3. The smallest absolute Gasteiger partial charge is 0.260 e. The molecular formula is C45H44N4O6. The molecule has 4 aromatic rings. The first-order valence-corrected chi connectivity index (χ1v) is 18.8. The number of hydrogen-bond acceptors (Lipinski definition) is 8. The topological polar surface area (TPSA) is 102 Å². The van der Waals surface area contributed by atoms with E-state index in [9.17, 15) is 9.59 Å². The van der Waals surface area contributed by atoms with Crippen molar-refractivity contribution < 1.29 is 28.5 Å². The molecule has 4 aromatic carbocycles. The molecule has 2 atom stereocenters. The van der Waals surface area contributed by atoms with Crippen LogP contribution in [0.25, 0.3) is 11.1 Å². The van der Waals surface area contributed by atoms with Gasteiger partial charge in [0.1, 0.15) is 11.5 Å². The molecule has 4 aliphatic heterocycles. The van der Waals surface area contributed by atoms with Crippen molar-refractivity contribution in [3.8, 4) is 23.0 Å². The lowest BCUT2D eigenvalue weighted by atomic mass is 10.0. The fraction of sp³-hybridized carbons (Fsp3) is 0.289. The Morgan fingerprint density at radius 3 is 1.78 bits per heavy atom. The SMILES string of the molecule is CCCc1ccc(C2=CN3C(=O)c4cc(OC)c(OCCCOc5cc6c(cc5C)C(=O)N5C=C(c7ccc(OC)cc7)C[C@H]5C=N6)cc4N=C[C@@H]3C2)cc1. The number of aryl methyl sites for hydroxylation is 2. The van der Waals surface area contributed by atoms with E-state index in [1.165, 1.54) is 5.56 Å². The van der Waals surface area contributed by atoms with E-state index in [2.05, 4.69) is 31.2 Å². The van der Waals surface area contributed by atoms with Crippen LogP contribution in [0.3, 0.4) is 0 Å². The highest BCUT2D eigenvalue weighted by molar-refractivity contribution is 6.06. The molecule has 4 aliphatic rings. The molecule has 55 heavy (non-hydrogen) atoms. The quantitative estimate of drug-likeness (QED) is 0.135. The standard InChI is InChI=1S/C45H44N4O6/c1-5-7-29-8-10-30(11-9-29)32-19-35-25-47-40-23-43(42(53-4)21-38(40)45(51)49(35)26-32)55-17-6-16-54-41-22-39-37(18-28(41)2)44(50)48-27-33(20-34(48)24-46-39)31-12-14-36(52-3)15-13-31/h8-15,18,21-27,34-35H,5-7,16-17,19-20H2,1-4H3/t34-,35-/m0/s1. The van der Waals surface area contributed by atoms with Crippen LogP contribution in [0.15, 0.2) is 95.2 Å². The maximum atomic E-state index is 13.8. The highest BCUT2D eigenvalue weighted by atomic mass is 16.5. The van der Waals surface area contributed by atoms with Crippen molar-refractivity contribution in [2.75, 3.05) is 27.4 Å². The maximum absolute atomic E-state index is 13.8. The Hall–Kier alpha value is -6.16. The van der Waals surface area contributed by atoms with Crippen molar-refractivity contribution >= 4 is 46.8 Å². The van der Waals surface area contributed by atoms with E-state index in [1.54, 1.807) is 36.2 Å². The Kier molecular flexibility index (Phi) is 9.97. The molecule has 10 heteroatoms. The summed E-state index contributed by atoms with van der Waals surface area (Å²) in [6.45, 7) is 4.85. The minimum Gasteiger partial charge on any atom is -0.497 e. The summed E-state index contributed by atoms with van der Waals surface area (Å²) in [6, 6.07) is 23.4. The number of ether oxygens (including phenoxy) is 4. The molecule has 10 nitrogen and oxygen atoms in total. The number of hydrogen-bond donors (Lipinski definition) is 0. The van der Waals surface area contributed by atoms with E-state index in [0.717, 1.165) is 46.4 Å². The molecule has 0 saturated heterocycles. The summed E-state index contributed by atoms with van der Waals surface area (Å²) in [5, 5.41) is 0. The lowest BCUT2D eigenvalue weighted by molar-refractivity contribution is 0.0809. The molecule has 2 amide bonds. The van der Waals surface area contributed by atoms with Crippen molar-refractivity contribution in [2.24, 2.45) is 9.98 Å². The van der Waals surface area contributed by atoms with Gasteiger partial charge in [-0.3, -0.25) is 19.6 Å². The average Bonchev–Trinajstić information content (AvgIpc) is 3.79. The summed E-state index contributed by atoms with van der Waals surface area (Å²) in [4.78, 5) is 40.5. The number of carbonyl (C=O) groups excluding carboxylic acids is 2. The van der Waals surface area contributed by atoms with Gasteiger partial charge in [0.25, 0.3) is 11.8 Å². The first kappa shape index (κ1) is 35.8. The van der Waals surface area contributed by atoms with E-state index in [0.29, 0.717) is 72.2 Å². The normalized spacial score (nSPS) is 18.1. The second-order valence-electron chi connectivity index (χ2n) is 14.2. The third-order valence-electron chi connectivity index (χ3n) is 10.6. The molecule has 8 rings (SSSR count). The van der Waals surface area contributed by atoms with Crippen molar-refractivity contribution in [3.63, 3.8) is 0 Å². The van der Waals surface area contributed by atoms with Gasteiger partial charge < -0.3 is 28.7 Å². The minimum absolute atomic E-state index is 0.0839. The molecule has 0 bridgehead atoms. The maximum Gasteiger partial charge on any atom is 0.260 e. The average molecular weight is 737 g/mol. The summed E-state index contributed by atoms with van der Waals surface area (Å²) in [5.41, 5.74) is 8.70. The predicted molar refractivity (Wildman–Crippen MR) is 215 cm³/mol. The summed E-state index contributed by atoms with van der Waals surface area (Å²) in [7, 11) is 3.21. The highest BCUT2D eigenvalue weighted by Gasteiger charge is 2.35. The van der Waals surface area contributed by atoms with Gasteiger partial charge in [-0.15, -0.1) is 0 Å². The number of nitrogens with zero attached hydrogens (tertiary/aromatic N) is 4. The van der Waals surface area contributed by atoms with E-state index >= 15 is 0 Å².